The highest BCUT2D eigenvalue weighted by molar-refractivity contribution is 5.93. The van der Waals surface area contributed by atoms with Gasteiger partial charge in [0.1, 0.15) is 6.04 Å². The molecule has 0 bridgehead atoms. The minimum atomic E-state index is -0.982. The van der Waals surface area contributed by atoms with E-state index in [0.29, 0.717) is 32.5 Å². The number of rotatable bonds is 4. The quantitative estimate of drug-likeness (QED) is 0.568. The maximum Gasteiger partial charge on any atom is 0.410 e. The molecule has 2 fully saturated rings. The number of nitrogens with one attached hydrogen (secondary N) is 1. The van der Waals surface area contributed by atoms with Gasteiger partial charge in [0.15, 0.2) is 0 Å². The normalized spacial score (nSPS) is 24.4. The molecule has 3 aliphatic rings. The van der Waals surface area contributed by atoms with Gasteiger partial charge in [-0.05, 0) is 49.2 Å². The lowest BCUT2D eigenvalue weighted by Crippen LogP contribution is -2.62. The zero-order valence-electron chi connectivity index (χ0n) is 17.8. The van der Waals surface area contributed by atoms with Gasteiger partial charge in [-0.1, -0.05) is 36.4 Å². The van der Waals surface area contributed by atoms with Gasteiger partial charge in [0, 0.05) is 19.6 Å². The number of likely N-dealkylation sites (tertiary alicyclic amines) is 1. The van der Waals surface area contributed by atoms with Crippen molar-refractivity contribution in [3.05, 3.63) is 42.0 Å². The van der Waals surface area contributed by atoms with Crippen molar-refractivity contribution < 1.29 is 24.3 Å². The minimum Gasteiger partial charge on any atom is -0.450 e. The third-order valence-electron chi connectivity index (χ3n) is 6.70. The van der Waals surface area contributed by atoms with Crippen LogP contribution in [0.15, 0.2) is 36.4 Å². The number of nitrogens with zero attached hydrogens (tertiary/aromatic N) is 2. The second kappa shape index (κ2) is 8.70. The second-order valence-corrected chi connectivity index (χ2v) is 8.69. The predicted molar refractivity (Wildman–Crippen MR) is 113 cm³/mol. The maximum absolute atomic E-state index is 13.6. The van der Waals surface area contributed by atoms with Crippen LogP contribution in [0.5, 0.6) is 0 Å². The fourth-order valence-electron chi connectivity index (χ4n) is 4.84. The van der Waals surface area contributed by atoms with Crippen LogP contribution in [-0.2, 0) is 14.3 Å². The van der Waals surface area contributed by atoms with Crippen LogP contribution in [0.2, 0.25) is 0 Å². The molecule has 2 N–H and O–H groups in total. The standard InChI is InChI=1S/C23H29N3O5/c1-2-31-22(29)26-15-23(10-11-23)14-18(20(27)24-30)19(26)21(28)25-12-8-17(9-13-25)16-6-4-3-5-7-16/h3-8,18-19,30H,2,9-15H2,1H3,(H,24,27). The number of benzene rings is 1. The summed E-state index contributed by atoms with van der Waals surface area (Å²) in [5.74, 6) is -1.71. The van der Waals surface area contributed by atoms with Gasteiger partial charge in [-0.2, -0.15) is 0 Å². The number of hydroxylamine groups is 1. The van der Waals surface area contributed by atoms with E-state index in [9.17, 15) is 19.6 Å². The SMILES string of the molecule is CCOC(=O)N1CC2(CC2)CC(C(=O)NO)C1C(=O)N1CC=C(c2ccccc2)CC1. The average Bonchev–Trinajstić information content (AvgIpc) is 3.56. The highest BCUT2D eigenvalue weighted by Crippen LogP contribution is 2.55. The molecule has 1 aromatic carbocycles. The Morgan fingerprint density at radius 1 is 1.23 bits per heavy atom. The Morgan fingerprint density at radius 2 is 1.97 bits per heavy atom. The topological polar surface area (TPSA) is 99.2 Å². The van der Waals surface area contributed by atoms with Crippen molar-refractivity contribution in [2.24, 2.45) is 11.3 Å². The van der Waals surface area contributed by atoms with Crippen molar-refractivity contribution in [2.75, 3.05) is 26.2 Å². The van der Waals surface area contributed by atoms with Crippen molar-refractivity contribution in [1.29, 1.82) is 0 Å². The Kier molecular flexibility index (Phi) is 6.00. The van der Waals surface area contributed by atoms with E-state index in [0.717, 1.165) is 18.4 Å². The van der Waals surface area contributed by atoms with E-state index in [4.69, 9.17) is 4.74 Å². The van der Waals surface area contributed by atoms with Gasteiger partial charge in [0.25, 0.3) is 0 Å². The summed E-state index contributed by atoms with van der Waals surface area (Å²) in [6.45, 7) is 3.22. The molecule has 1 saturated carbocycles. The predicted octanol–water partition coefficient (Wildman–Crippen LogP) is 2.43. The van der Waals surface area contributed by atoms with Crippen LogP contribution in [-0.4, -0.2) is 65.2 Å². The van der Waals surface area contributed by atoms with Gasteiger partial charge < -0.3 is 9.64 Å². The van der Waals surface area contributed by atoms with Crippen molar-refractivity contribution in [3.63, 3.8) is 0 Å². The lowest BCUT2D eigenvalue weighted by atomic mass is 9.79. The molecule has 8 heteroatoms. The molecule has 2 atom stereocenters. The van der Waals surface area contributed by atoms with Crippen LogP contribution in [0.3, 0.4) is 0 Å². The van der Waals surface area contributed by atoms with E-state index in [1.54, 1.807) is 17.3 Å². The van der Waals surface area contributed by atoms with Crippen molar-refractivity contribution >= 4 is 23.5 Å². The number of ether oxygens (including phenoxy) is 1. The Labute approximate surface area is 181 Å². The van der Waals surface area contributed by atoms with Crippen molar-refractivity contribution in [3.8, 4) is 0 Å². The van der Waals surface area contributed by atoms with Crippen LogP contribution in [0, 0.1) is 11.3 Å². The molecule has 1 aliphatic carbocycles. The fourth-order valence-corrected chi connectivity index (χ4v) is 4.84. The van der Waals surface area contributed by atoms with Crippen LogP contribution in [0.25, 0.3) is 5.57 Å². The monoisotopic (exact) mass is 427 g/mol. The lowest BCUT2D eigenvalue weighted by Gasteiger charge is -2.44. The molecule has 1 aromatic rings. The summed E-state index contributed by atoms with van der Waals surface area (Å²) in [4.78, 5) is 41.9. The van der Waals surface area contributed by atoms with E-state index < -0.39 is 24.0 Å². The number of hydrogen-bond acceptors (Lipinski definition) is 5. The van der Waals surface area contributed by atoms with E-state index in [-0.39, 0.29) is 17.9 Å². The van der Waals surface area contributed by atoms with E-state index >= 15 is 0 Å². The minimum absolute atomic E-state index is 0.164. The molecular formula is C23H29N3O5. The molecule has 0 aromatic heterocycles. The molecule has 2 aliphatic heterocycles. The molecular weight excluding hydrogens is 398 g/mol. The molecule has 0 radical (unpaired) electrons. The van der Waals surface area contributed by atoms with Gasteiger partial charge >= 0.3 is 6.09 Å². The van der Waals surface area contributed by atoms with E-state index in [1.165, 1.54) is 10.5 Å². The van der Waals surface area contributed by atoms with Crippen LogP contribution in [0.4, 0.5) is 4.79 Å². The Morgan fingerprint density at radius 3 is 2.55 bits per heavy atom. The molecule has 2 unspecified atom stereocenters. The Bertz CT molecular complexity index is 880. The summed E-state index contributed by atoms with van der Waals surface area (Å²) in [7, 11) is 0. The van der Waals surface area contributed by atoms with Crippen LogP contribution in [0.1, 0.15) is 38.2 Å². The fraction of sp³-hybridized carbons (Fsp3) is 0.522. The summed E-state index contributed by atoms with van der Waals surface area (Å²) in [6, 6.07) is 9.05. The smallest absolute Gasteiger partial charge is 0.410 e. The first-order chi connectivity index (χ1) is 15.0. The highest BCUT2D eigenvalue weighted by atomic mass is 16.6. The number of piperidine rings is 1. The first-order valence-electron chi connectivity index (χ1n) is 10.9. The van der Waals surface area contributed by atoms with Gasteiger partial charge in [0.05, 0.1) is 12.5 Å². The molecule has 1 saturated heterocycles. The molecule has 1 spiro atoms. The zero-order chi connectivity index (χ0) is 22.0. The summed E-state index contributed by atoms with van der Waals surface area (Å²) in [5.41, 5.74) is 3.85. The first-order valence-corrected chi connectivity index (χ1v) is 10.9. The van der Waals surface area contributed by atoms with Crippen LogP contribution < -0.4 is 5.48 Å². The summed E-state index contributed by atoms with van der Waals surface area (Å²) in [6.07, 6.45) is 4.41. The van der Waals surface area contributed by atoms with Gasteiger partial charge in [-0.25, -0.2) is 10.3 Å². The maximum atomic E-state index is 13.6. The first kappa shape index (κ1) is 21.4. The Balaban J connectivity index is 1.57. The molecule has 8 nitrogen and oxygen atoms in total. The summed E-state index contributed by atoms with van der Waals surface area (Å²) >= 11 is 0. The van der Waals surface area contributed by atoms with Gasteiger partial charge in [0.2, 0.25) is 11.8 Å². The van der Waals surface area contributed by atoms with Gasteiger partial charge in [-0.3, -0.25) is 19.7 Å². The van der Waals surface area contributed by atoms with Crippen molar-refractivity contribution in [1.82, 2.24) is 15.3 Å². The van der Waals surface area contributed by atoms with E-state index in [2.05, 4.69) is 0 Å². The Hall–Kier alpha value is -2.87. The lowest BCUT2D eigenvalue weighted by molar-refractivity contribution is -0.150. The third-order valence-corrected chi connectivity index (χ3v) is 6.70. The molecule has 166 valence electrons. The zero-order valence-corrected chi connectivity index (χ0v) is 17.8. The van der Waals surface area contributed by atoms with Crippen molar-refractivity contribution in [2.45, 2.75) is 38.6 Å². The molecule has 3 amide bonds. The number of carbonyl (C=O) groups excluding carboxylic acids is 3. The average molecular weight is 428 g/mol. The van der Waals surface area contributed by atoms with Gasteiger partial charge in [-0.15, -0.1) is 0 Å². The highest BCUT2D eigenvalue weighted by Gasteiger charge is 2.57. The molecule has 2 heterocycles. The third kappa shape index (κ3) is 4.30. The molecule has 4 rings (SSSR count). The largest absolute Gasteiger partial charge is 0.450 e. The summed E-state index contributed by atoms with van der Waals surface area (Å²) in [5, 5.41) is 9.31. The van der Waals surface area contributed by atoms with E-state index in [1.807, 2.05) is 36.4 Å². The molecule has 31 heavy (non-hydrogen) atoms. The van der Waals surface area contributed by atoms with Crippen LogP contribution >= 0.6 is 0 Å². The number of amides is 3. The second-order valence-electron chi connectivity index (χ2n) is 8.69. The number of hydrogen-bond donors (Lipinski definition) is 2. The summed E-state index contributed by atoms with van der Waals surface area (Å²) < 4.78 is 5.22. The number of carbonyl (C=O) groups is 3.